The Morgan fingerprint density at radius 3 is 2.09 bits per heavy atom. The quantitative estimate of drug-likeness (QED) is 0.246. The average molecular weight is 497 g/mol. The number of alkyl halides is 4. The summed E-state index contributed by atoms with van der Waals surface area (Å²) in [7, 11) is 6.01. The normalized spacial score (nSPS) is 33.6. The Morgan fingerprint density at radius 1 is 1.18 bits per heavy atom. The van der Waals surface area contributed by atoms with Crippen molar-refractivity contribution in [2.75, 3.05) is 25.6 Å². The number of carbonyl (C=O) groups is 1. The van der Waals surface area contributed by atoms with Crippen molar-refractivity contribution in [3.63, 3.8) is 0 Å². The highest BCUT2D eigenvalue weighted by Gasteiger charge is 2.99. The maximum Gasteiger partial charge on any atom is 0.397 e. The van der Waals surface area contributed by atoms with E-state index in [0.29, 0.717) is 18.6 Å². The number of aliphatic hydroxyl groups excluding tert-OH is 3. The summed E-state index contributed by atoms with van der Waals surface area (Å²) in [4.78, 5) is 12.8. The van der Waals surface area contributed by atoms with Crippen molar-refractivity contribution in [1.29, 1.82) is 0 Å². The molecule has 0 aliphatic heterocycles. The number of aliphatic hydroxyl groups is 3. The number of amides is 1. The zero-order valence-corrected chi connectivity index (χ0v) is 20.7. The molecule has 1 spiro atoms. The van der Waals surface area contributed by atoms with Gasteiger partial charge in [-0.05, 0) is 44.8 Å². The second kappa shape index (κ2) is 9.17. The molecule has 5 nitrogen and oxygen atoms in total. The van der Waals surface area contributed by atoms with Crippen LogP contribution in [-0.2, 0) is 4.79 Å². The molecule has 11 heteroatoms. The molecule has 33 heavy (non-hydrogen) atoms. The highest BCUT2D eigenvalue weighted by atomic mass is 32.2. The van der Waals surface area contributed by atoms with Crippen molar-refractivity contribution in [2.45, 2.75) is 81.8 Å². The second-order valence-electron chi connectivity index (χ2n) is 10.8. The number of rotatable bonds is 12. The summed E-state index contributed by atoms with van der Waals surface area (Å²) < 4.78 is 54.8. The maximum atomic E-state index is 14.8. The fourth-order valence-electron chi connectivity index (χ4n) is 5.57. The van der Waals surface area contributed by atoms with Crippen molar-refractivity contribution < 1.29 is 37.7 Å². The van der Waals surface area contributed by atoms with E-state index in [4.69, 9.17) is 7.85 Å². The minimum absolute atomic E-state index is 0.230. The van der Waals surface area contributed by atoms with Crippen molar-refractivity contribution >= 4 is 25.5 Å². The third kappa shape index (κ3) is 4.68. The number of carbonyl (C=O) groups excluding carboxylic acids is 1. The molecule has 0 aromatic heterocycles. The van der Waals surface area contributed by atoms with E-state index < -0.39 is 70.4 Å². The zero-order valence-electron chi connectivity index (χ0n) is 19.9. The first-order valence-electron chi connectivity index (χ1n) is 11.2. The van der Waals surface area contributed by atoms with Crippen LogP contribution in [0.25, 0.3) is 0 Å². The maximum absolute atomic E-state index is 14.8. The lowest BCUT2D eigenvalue weighted by atomic mass is 9.73. The summed E-state index contributed by atoms with van der Waals surface area (Å²) in [6.45, 7) is 5.56. The third-order valence-electron chi connectivity index (χ3n) is 8.22. The van der Waals surface area contributed by atoms with Gasteiger partial charge in [0.15, 0.2) is 0 Å². The molecule has 2 aliphatic rings. The molecule has 190 valence electrons. The summed E-state index contributed by atoms with van der Waals surface area (Å²) in [6.07, 6.45) is -3.57. The third-order valence-corrected chi connectivity index (χ3v) is 9.60. The molecule has 2 radical (unpaired) electrons. The first kappa shape index (κ1) is 28.7. The number of halogens is 4. The SMILES string of the molecule is [B]C(C)C(CC(C)(C)SCCC1CC12C(C)(F)C2(C)C(F)(F)F)C(=O)NC(CO)(CO)CO. The molecule has 0 aromatic carbocycles. The molecule has 2 aliphatic carbocycles. The molecule has 4 N–H and O–H groups in total. The number of nitrogens with one attached hydrogen (secondary N) is 1. The minimum atomic E-state index is -4.58. The highest BCUT2D eigenvalue weighted by Crippen LogP contribution is 2.92. The van der Waals surface area contributed by atoms with Gasteiger partial charge in [-0.25, -0.2) is 4.39 Å². The second-order valence-corrected chi connectivity index (χ2v) is 12.6. The van der Waals surface area contributed by atoms with Gasteiger partial charge in [0, 0.05) is 16.1 Å². The topological polar surface area (TPSA) is 89.8 Å². The van der Waals surface area contributed by atoms with Gasteiger partial charge in [0.2, 0.25) is 5.91 Å². The standard InChI is InChI=1S/C22H36BF4NO4S/c1-13(23)15(16(32)28-20(10-29,11-30)12-31)9-17(2,3)33-7-6-14-8-21(14)18(4,19(21,5)24)22(25,26)27/h13-15,29-31H,6-12H2,1-5H3,(H,28,32). The predicted octanol–water partition coefficient (Wildman–Crippen LogP) is 3.02. The predicted molar refractivity (Wildman–Crippen MR) is 121 cm³/mol. The van der Waals surface area contributed by atoms with E-state index in [1.165, 1.54) is 11.8 Å². The van der Waals surface area contributed by atoms with Crippen LogP contribution in [0.5, 0.6) is 0 Å². The Kier molecular flexibility index (Phi) is 7.98. The highest BCUT2D eigenvalue weighted by molar-refractivity contribution is 8.00. The molecule has 0 heterocycles. The van der Waals surface area contributed by atoms with Gasteiger partial charge in [0.25, 0.3) is 0 Å². The van der Waals surface area contributed by atoms with Gasteiger partial charge in [-0.2, -0.15) is 24.9 Å². The zero-order chi connectivity index (χ0) is 25.7. The van der Waals surface area contributed by atoms with Crippen LogP contribution in [0.15, 0.2) is 0 Å². The Bertz CT molecular complexity index is 723. The Hall–Kier alpha value is -0.515. The Balaban J connectivity index is 1.95. The van der Waals surface area contributed by atoms with Gasteiger partial charge in [0.05, 0.1) is 27.7 Å². The van der Waals surface area contributed by atoms with E-state index >= 15 is 0 Å². The number of hydrogen-bond donors (Lipinski definition) is 4. The van der Waals surface area contributed by atoms with Gasteiger partial charge in [-0.3, -0.25) is 4.79 Å². The van der Waals surface area contributed by atoms with E-state index in [1.54, 1.807) is 6.92 Å². The van der Waals surface area contributed by atoms with Gasteiger partial charge in [-0.1, -0.05) is 26.6 Å². The van der Waals surface area contributed by atoms with Crippen molar-refractivity contribution in [2.24, 2.45) is 22.7 Å². The molecule has 2 saturated carbocycles. The molecule has 2 rings (SSSR count). The van der Waals surface area contributed by atoms with Crippen LogP contribution in [0.1, 0.15) is 53.9 Å². The van der Waals surface area contributed by atoms with Gasteiger partial charge in [0.1, 0.15) is 16.6 Å². The van der Waals surface area contributed by atoms with Crippen molar-refractivity contribution in [3.05, 3.63) is 0 Å². The molecule has 0 bridgehead atoms. The molecule has 1 amide bonds. The van der Waals surface area contributed by atoms with E-state index in [-0.39, 0.29) is 12.3 Å². The van der Waals surface area contributed by atoms with Gasteiger partial charge >= 0.3 is 6.18 Å². The largest absolute Gasteiger partial charge is 0.397 e. The van der Waals surface area contributed by atoms with Crippen LogP contribution in [-0.4, -0.2) is 76.8 Å². The van der Waals surface area contributed by atoms with Crippen LogP contribution in [0.3, 0.4) is 0 Å². The minimum Gasteiger partial charge on any atom is -0.394 e. The molecule has 6 atom stereocenters. The summed E-state index contributed by atoms with van der Waals surface area (Å²) in [6, 6.07) is 0. The van der Waals surface area contributed by atoms with Crippen LogP contribution in [0, 0.1) is 22.7 Å². The van der Waals surface area contributed by atoms with Crippen molar-refractivity contribution in [3.8, 4) is 0 Å². The van der Waals surface area contributed by atoms with E-state index in [2.05, 4.69) is 5.32 Å². The first-order chi connectivity index (χ1) is 14.9. The fraction of sp³-hybridized carbons (Fsp3) is 0.955. The number of thioether (sulfide) groups is 1. The van der Waals surface area contributed by atoms with Gasteiger partial charge in [-0.15, -0.1) is 0 Å². The first-order valence-corrected chi connectivity index (χ1v) is 12.2. The summed E-state index contributed by atoms with van der Waals surface area (Å²) >= 11 is 1.49. The van der Waals surface area contributed by atoms with Crippen molar-refractivity contribution in [1.82, 2.24) is 5.32 Å². The van der Waals surface area contributed by atoms with E-state index in [1.807, 2.05) is 13.8 Å². The molecule has 0 saturated heterocycles. The molecule has 6 unspecified atom stereocenters. The van der Waals surface area contributed by atoms with E-state index in [0.717, 1.165) is 13.8 Å². The lowest BCUT2D eigenvalue weighted by Gasteiger charge is -2.35. The van der Waals surface area contributed by atoms with E-state index in [9.17, 15) is 37.7 Å². The Morgan fingerprint density at radius 2 is 1.70 bits per heavy atom. The molecule has 0 aromatic rings. The summed E-state index contributed by atoms with van der Waals surface area (Å²) in [5.41, 5.74) is -7.43. The molecular weight excluding hydrogens is 461 g/mol. The molecule has 2 fully saturated rings. The number of hydrogen-bond acceptors (Lipinski definition) is 5. The fourth-order valence-corrected chi connectivity index (χ4v) is 6.82. The Labute approximate surface area is 198 Å². The van der Waals surface area contributed by atoms with Crippen LogP contribution in [0.2, 0.25) is 5.82 Å². The summed E-state index contributed by atoms with van der Waals surface area (Å²) in [5, 5.41) is 30.9. The van der Waals surface area contributed by atoms with Crippen LogP contribution in [0.4, 0.5) is 17.6 Å². The molecular formula is C22H36BF4NO4S. The lowest BCUT2D eigenvalue weighted by molar-refractivity contribution is -0.198. The van der Waals surface area contributed by atoms with Crippen LogP contribution >= 0.6 is 11.8 Å². The lowest BCUT2D eigenvalue weighted by Crippen LogP contribution is -2.58. The monoisotopic (exact) mass is 497 g/mol. The van der Waals surface area contributed by atoms with Gasteiger partial charge < -0.3 is 20.6 Å². The summed E-state index contributed by atoms with van der Waals surface area (Å²) in [5.74, 6) is -1.56. The smallest absolute Gasteiger partial charge is 0.394 e. The average Bonchev–Trinajstić information content (AvgIpc) is 3.52. The van der Waals surface area contributed by atoms with Crippen LogP contribution < -0.4 is 5.32 Å².